The van der Waals surface area contributed by atoms with Gasteiger partial charge >= 0.3 is 0 Å². The van der Waals surface area contributed by atoms with Gasteiger partial charge in [-0.3, -0.25) is 0 Å². The van der Waals surface area contributed by atoms with Gasteiger partial charge in [-0.25, -0.2) is 4.39 Å². The number of benzene rings is 1. The highest BCUT2D eigenvalue weighted by molar-refractivity contribution is 5.19. The van der Waals surface area contributed by atoms with Crippen LogP contribution < -0.4 is 5.32 Å². The van der Waals surface area contributed by atoms with Gasteiger partial charge in [0.25, 0.3) is 0 Å². The van der Waals surface area contributed by atoms with E-state index >= 15 is 0 Å². The lowest BCUT2D eigenvalue weighted by molar-refractivity contribution is 0.229. The number of halogens is 1. The molecule has 0 amide bonds. The summed E-state index contributed by atoms with van der Waals surface area (Å²) in [6, 6.07) is 7.42. The van der Waals surface area contributed by atoms with Crippen LogP contribution in [0.1, 0.15) is 46.1 Å². The van der Waals surface area contributed by atoms with Crippen LogP contribution in [0.5, 0.6) is 0 Å². The van der Waals surface area contributed by atoms with Crippen molar-refractivity contribution in [2.75, 3.05) is 6.54 Å². The first-order chi connectivity index (χ1) is 8.51. The summed E-state index contributed by atoms with van der Waals surface area (Å²) in [7, 11) is 0. The molecule has 18 heavy (non-hydrogen) atoms. The molecule has 1 rings (SSSR count). The first kappa shape index (κ1) is 15.2. The standard InChI is InChI=1S/C16H26FN/c1-5-11-18-15(16(3,4)6-2)12-13-9-7-8-10-14(13)17/h7-10,15,18H,5-6,11-12H2,1-4H3. The van der Waals surface area contributed by atoms with E-state index in [2.05, 4.69) is 33.0 Å². The van der Waals surface area contributed by atoms with Gasteiger partial charge in [0.15, 0.2) is 0 Å². The average Bonchev–Trinajstić information content (AvgIpc) is 2.36. The quantitative estimate of drug-likeness (QED) is 0.767. The second-order valence-corrected chi connectivity index (χ2v) is 5.64. The van der Waals surface area contributed by atoms with Crippen molar-refractivity contribution >= 4 is 0 Å². The van der Waals surface area contributed by atoms with E-state index in [1.807, 2.05) is 12.1 Å². The molecule has 0 saturated heterocycles. The maximum absolute atomic E-state index is 13.7. The average molecular weight is 251 g/mol. The molecular formula is C16H26FN. The van der Waals surface area contributed by atoms with Crippen molar-refractivity contribution in [3.8, 4) is 0 Å². The summed E-state index contributed by atoms with van der Waals surface area (Å²) >= 11 is 0. The highest BCUT2D eigenvalue weighted by Gasteiger charge is 2.27. The Bertz CT molecular complexity index is 360. The second-order valence-electron chi connectivity index (χ2n) is 5.64. The zero-order chi connectivity index (χ0) is 13.6. The lowest BCUT2D eigenvalue weighted by atomic mass is 9.79. The third-order valence-corrected chi connectivity index (χ3v) is 3.88. The van der Waals surface area contributed by atoms with Gasteiger partial charge in [0.1, 0.15) is 5.82 Å². The van der Waals surface area contributed by atoms with E-state index in [0.29, 0.717) is 6.04 Å². The van der Waals surface area contributed by atoms with E-state index in [9.17, 15) is 4.39 Å². The molecule has 1 aromatic rings. The van der Waals surface area contributed by atoms with E-state index in [4.69, 9.17) is 0 Å². The maximum atomic E-state index is 13.7. The number of nitrogens with one attached hydrogen (secondary N) is 1. The fourth-order valence-corrected chi connectivity index (χ4v) is 2.07. The van der Waals surface area contributed by atoms with Crippen molar-refractivity contribution in [2.45, 2.75) is 53.0 Å². The van der Waals surface area contributed by atoms with Crippen LogP contribution >= 0.6 is 0 Å². The third-order valence-electron chi connectivity index (χ3n) is 3.88. The summed E-state index contributed by atoms with van der Waals surface area (Å²) in [6.45, 7) is 9.85. The highest BCUT2D eigenvalue weighted by atomic mass is 19.1. The first-order valence-electron chi connectivity index (χ1n) is 6.98. The van der Waals surface area contributed by atoms with E-state index < -0.39 is 0 Å². The van der Waals surface area contributed by atoms with E-state index in [-0.39, 0.29) is 11.2 Å². The summed E-state index contributed by atoms with van der Waals surface area (Å²) in [6.07, 6.45) is 2.95. The Balaban J connectivity index is 2.81. The Hall–Kier alpha value is -0.890. The highest BCUT2D eigenvalue weighted by Crippen LogP contribution is 2.28. The molecule has 0 fully saturated rings. The SMILES string of the molecule is CCCNC(Cc1ccccc1F)C(C)(C)CC. The lowest BCUT2D eigenvalue weighted by Gasteiger charge is -2.34. The minimum Gasteiger partial charge on any atom is -0.313 e. The van der Waals surface area contributed by atoms with Crippen LogP contribution in [-0.4, -0.2) is 12.6 Å². The molecule has 0 heterocycles. The molecule has 0 aliphatic heterocycles. The van der Waals surface area contributed by atoms with Gasteiger partial charge in [-0.05, 0) is 42.9 Å². The zero-order valence-corrected chi connectivity index (χ0v) is 12.1. The molecule has 0 radical (unpaired) electrons. The molecule has 0 aromatic heterocycles. The summed E-state index contributed by atoms with van der Waals surface area (Å²) in [5, 5.41) is 3.57. The van der Waals surface area contributed by atoms with Gasteiger partial charge in [-0.2, -0.15) is 0 Å². The summed E-state index contributed by atoms with van der Waals surface area (Å²) in [4.78, 5) is 0. The van der Waals surface area contributed by atoms with Crippen molar-refractivity contribution in [1.82, 2.24) is 5.32 Å². The molecule has 0 saturated carbocycles. The molecule has 1 aromatic carbocycles. The topological polar surface area (TPSA) is 12.0 Å². The minimum absolute atomic E-state index is 0.0901. The fourth-order valence-electron chi connectivity index (χ4n) is 2.07. The van der Waals surface area contributed by atoms with Crippen molar-refractivity contribution in [2.24, 2.45) is 5.41 Å². The smallest absolute Gasteiger partial charge is 0.126 e. The van der Waals surface area contributed by atoms with Crippen LogP contribution in [0, 0.1) is 11.2 Å². The molecule has 1 atom stereocenters. The maximum Gasteiger partial charge on any atom is 0.126 e. The van der Waals surface area contributed by atoms with E-state index in [0.717, 1.165) is 31.4 Å². The van der Waals surface area contributed by atoms with Crippen LogP contribution in [0.3, 0.4) is 0 Å². The van der Waals surface area contributed by atoms with Crippen LogP contribution in [0.2, 0.25) is 0 Å². The van der Waals surface area contributed by atoms with Gasteiger partial charge in [0.05, 0.1) is 0 Å². The Morgan fingerprint density at radius 3 is 2.44 bits per heavy atom. The minimum atomic E-state index is -0.0901. The Morgan fingerprint density at radius 2 is 1.89 bits per heavy atom. The Labute approximate surface area is 111 Å². The summed E-state index contributed by atoms with van der Waals surface area (Å²) in [5.74, 6) is -0.0901. The number of rotatable bonds is 7. The number of hydrogen-bond acceptors (Lipinski definition) is 1. The van der Waals surface area contributed by atoms with Crippen LogP contribution in [-0.2, 0) is 6.42 Å². The molecule has 0 spiro atoms. The first-order valence-corrected chi connectivity index (χ1v) is 6.98. The van der Waals surface area contributed by atoms with Crippen molar-refractivity contribution in [1.29, 1.82) is 0 Å². The van der Waals surface area contributed by atoms with Gasteiger partial charge in [-0.15, -0.1) is 0 Å². The third kappa shape index (κ3) is 4.09. The molecule has 1 unspecified atom stereocenters. The van der Waals surface area contributed by atoms with Gasteiger partial charge < -0.3 is 5.32 Å². The predicted molar refractivity (Wildman–Crippen MR) is 76.3 cm³/mol. The lowest BCUT2D eigenvalue weighted by Crippen LogP contribution is -2.43. The molecule has 0 aliphatic carbocycles. The largest absolute Gasteiger partial charge is 0.313 e. The van der Waals surface area contributed by atoms with E-state index in [1.165, 1.54) is 0 Å². The Kier molecular flexibility index (Phi) is 5.80. The van der Waals surface area contributed by atoms with Crippen LogP contribution in [0.15, 0.2) is 24.3 Å². The Morgan fingerprint density at radius 1 is 1.22 bits per heavy atom. The summed E-state index contributed by atoms with van der Waals surface area (Å²) in [5.41, 5.74) is 0.991. The van der Waals surface area contributed by atoms with Crippen molar-refractivity contribution in [3.05, 3.63) is 35.6 Å². The molecule has 102 valence electrons. The molecule has 2 heteroatoms. The molecule has 0 bridgehead atoms. The van der Waals surface area contributed by atoms with Gasteiger partial charge in [0, 0.05) is 6.04 Å². The number of hydrogen-bond donors (Lipinski definition) is 1. The van der Waals surface area contributed by atoms with Crippen molar-refractivity contribution < 1.29 is 4.39 Å². The van der Waals surface area contributed by atoms with Gasteiger partial charge in [-0.1, -0.05) is 45.9 Å². The predicted octanol–water partition coefficient (Wildman–Crippen LogP) is 4.17. The normalized spacial score (nSPS) is 13.6. The van der Waals surface area contributed by atoms with Crippen LogP contribution in [0.25, 0.3) is 0 Å². The molecule has 0 aliphatic rings. The fraction of sp³-hybridized carbons (Fsp3) is 0.625. The molecular weight excluding hydrogens is 225 g/mol. The van der Waals surface area contributed by atoms with Gasteiger partial charge in [0.2, 0.25) is 0 Å². The monoisotopic (exact) mass is 251 g/mol. The van der Waals surface area contributed by atoms with E-state index in [1.54, 1.807) is 12.1 Å². The molecule has 1 nitrogen and oxygen atoms in total. The molecule has 1 N–H and O–H groups in total. The zero-order valence-electron chi connectivity index (χ0n) is 12.1. The van der Waals surface area contributed by atoms with Crippen LogP contribution in [0.4, 0.5) is 4.39 Å². The van der Waals surface area contributed by atoms with Crippen molar-refractivity contribution in [3.63, 3.8) is 0 Å². The summed E-state index contributed by atoms with van der Waals surface area (Å²) < 4.78 is 13.7. The second kappa shape index (κ2) is 6.89.